The smallest absolute Gasteiger partial charge is 0.251 e. The Balaban J connectivity index is 0.00000288. The Morgan fingerprint density at radius 3 is 2.50 bits per heavy atom. The Labute approximate surface area is 150 Å². The molecular weight excluding hydrogens is 350 g/mol. The number of amides is 1. The zero-order valence-electron chi connectivity index (χ0n) is 14.1. The van der Waals surface area contributed by atoms with Crippen molar-refractivity contribution in [1.29, 1.82) is 0 Å². The first-order valence-corrected chi connectivity index (χ1v) is 9.48. The minimum atomic E-state index is -3.60. The van der Waals surface area contributed by atoms with Gasteiger partial charge in [0.2, 0.25) is 10.0 Å². The number of rotatable bonds is 7. The van der Waals surface area contributed by atoms with Crippen LogP contribution in [-0.4, -0.2) is 40.5 Å². The highest BCUT2D eigenvalue weighted by molar-refractivity contribution is 7.89. The molecule has 8 heteroatoms. The molecule has 3 N–H and O–H groups in total. The molecule has 0 atom stereocenters. The van der Waals surface area contributed by atoms with Gasteiger partial charge in [-0.1, -0.05) is 18.9 Å². The summed E-state index contributed by atoms with van der Waals surface area (Å²) in [7, 11) is -1.79. The fraction of sp³-hybridized carbons (Fsp3) is 0.562. The fourth-order valence-corrected chi connectivity index (χ4v) is 4.34. The quantitative estimate of drug-likeness (QED) is 0.631. The summed E-state index contributed by atoms with van der Waals surface area (Å²) in [5, 5.41) is 5.69. The second kappa shape index (κ2) is 9.36. The van der Waals surface area contributed by atoms with E-state index in [0.717, 1.165) is 25.7 Å². The molecule has 1 fully saturated rings. The first-order chi connectivity index (χ1) is 10.9. The van der Waals surface area contributed by atoms with E-state index in [9.17, 15) is 13.2 Å². The average Bonchev–Trinajstić information content (AvgIpc) is 2.99. The molecule has 1 aliphatic rings. The van der Waals surface area contributed by atoms with Crippen molar-refractivity contribution in [3.63, 3.8) is 0 Å². The lowest BCUT2D eigenvalue weighted by atomic mass is 10.1. The van der Waals surface area contributed by atoms with Gasteiger partial charge in [0.25, 0.3) is 5.91 Å². The van der Waals surface area contributed by atoms with E-state index in [1.807, 2.05) is 0 Å². The maximum Gasteiger partial charge on any atom is 0.251 e. The van der Waals surface area contributed by atoms with Crippen LogP contribution >= 0.6 is 12.4 Å². The molecule has 0 aromatic heterocycles. The summed E-state index contributed by atoms with van der Waals surface area (Å²) in [5.41, 5.74) is 1.00. The second-order valence-corrected chi connectivity index (χ2v) is 7.62. The first-order valence-electron chi connectivity index (χ1n) is 8.00. The minimum Gasteiger partial charge on any atom is -0.351 e. The third-order valence-corrected chi connectivity index (χ3v) is 5.74. The van der Waals surface area contributed by atoms with Crippen molar-refractivity contribution in [3.8, 4) is 0 Å². The van der Waals surface area contributed by atoms with Crippen LogP contribution in [-0.2, 0) is 10.0 Å². The van der Waals surface area contributed by atoms with Crippen LogP contribution in [0.2, 0.25) is 0 Å². The summed E-state index contributed by atoms with van der Waals surface area (Å²) in [5.74, 6) is -0.266. The molecule has 136 valence electrons. The second-order valence-electron chi connectivity index (χ2n) is 5.94. The van der Waals surface area contributed by atoms with E-state index >= 15 is 0 Å². The highest BCUT2D eigenvalue weighted by atomic mass is 35.5. The van der Waals surface area contributed by atoms with Crippen LogP contribution in [0.4, 0.5) is 0 Å². The van der Waals surface area contributed by atoms with Crippen LogP contribution < -0.4 is 15.4 Å². The van der Waals surface area contributed by atoms with Crippen molar-refractivity contribution < 1.29 is 13.2 Å². The summed E-state index contributed by atoms with van der Waals surface area (Å²) >= 11 is 0. The molecule has 0 saturated heterocycles. The number of hydrogen-bond donors (Lipinski definition) is 3. The normalized spacial score (nSPS) is 15.1. The van der Waals surface area contributed by atoms with Crippen LogP contribution in [0.15, 0.2) is 23.1 Å². The molecule has 0 radical (unpaired) electrons. The number of likely N-dealkylation sites (N-methyl/N-ethyl adjacent to an activating group) is 1. The topological polar surface area (TPSA) is 87.3 Å². The standard InChI is InChI=1S/C16H25N3O3S.ClH/c1-12-7-8-13(16(20)18-10-9-17-2)11-15(12)23(21,22)19-14-5-3-4-6-14;/h7-8,11,14,17,19H,3-6,9-10H2,1-2H3,(H,18,20);1H. The Morgan fingerprint density at radius 1 is 1.21 bits per heavy atom. The van der Waals surface area contributed by atoms with Crippen molar-refractivity contribution in [3.05, 3.63) is 29.3 Å². The number of carbonyl (C=O) groups excluding carboxylic acids is 1. The molecule has 1 saturated carbocycles. The van der Waals surface area contributed by atoms with Crippen LogP contribution in [0.25, 0.3) is 0 Å². The van der Waals surface area contributed by atoms with Crippen LogP contribution in [0.3, 0.4) is 0 Å². The van der Waals surface area contributed by atoms with Gasteiger partial charge in [-0.25, -0.2) is 13.1 Å². The Hall–Kier alpha value is -1.15. The largest absolute Gasteiger partial charge is 0.351 e. The van der Waals surface area contributed by atoms with E-state index < -0.39 is 10.0 Å². The number of benzene rings is 1. The highest BCUT2D eigenvalue weighted by Crippen LogP contribution is 2.22. The summed E-state index contributed by atoms with van der Waals surface area (Å²) in [6.07, 6.45) is 3.87. The maximum atomic E-state index is 12.6. The SMILES string of the molecule is CNCCNC(=O)c1ccc(C)c(S(=O)(=O)NC2CCCC2)c1.Cl. The first kappa shape index (κ1) is 20.9. The molecule has 0 unspecified atom stereocenters. The molecule has 0 spiro atoms. The number of hydrogen-bond acceptors (Lipinski definition) is 4. The summed E-state index contributed by atoms with van der Waals surface area (Å²) in [4.78, 5) is 12.3. The van der Waals surface area contributed by atoms with Crippen molar-refractivity contribution in [1.82, 2.24) is 15.4 Å². The highest BCUT2D eigenvalue weighted by Gasteiger charge is 2.25. The molecule has 1 aliphatic carbocycles. The van der Waals surface area contributed by atoms with E-state index in [0.29, 0.717) is 24.2 Å². The third-order valence-electron chi connectivity index (χ3n) is 4.08. The molecule has 6 nitrogen and oxygen atoms in total. The predicted octanol–water partition coefficient (Wildman–Crippen LogP) is 1.59. The average molecular weight is 376 g/mol. The van der Waals surface area contributed by atoms with Gasteiger partial charge < -0.3 is 10.6 Å². The van der Waals surface area contributed by atoms with Gasteiger partial charge in [0.05, 0.1) is 4.90 Å². The minimum absolute atomic E-state index is 0. The van der Waals surface area contributed by atoms with Gasteiger partial charge in [-0.15, -0.1) is 12.4 Å². The van der Waals surface area contributed by atoms with Gasteiger partial charge >= 0.3 is 0 Å². The van der Waals surface area contributed by atoms with Gasteiger partial charge in [-0.3, -0.25) is 4.79 Å². The summed E-state index contributed by atoms with van der Waals surface area (Å²) in [6, 6.07) is 4.79. The summed E-state index contributed by atoms with van der Waals surface area (Å²) < 4.78 is 27.9. The molecule has 0 heterocycles. The number of sulfonamides is 1. The number of aryl methyl sites for hydroxylation is 1. The lowest BCUT2D eigenvalue weighted by Crippen LogP contribution is -2.33. The monoisotopic (exact) mass is 375 g/mol. The molecule has 0 bridgehead atoms. The van der Waals surface area contributed by atoms with Crippen LogP contribution in [0.5, 0.6) is 0 Å². The van der Waals surface area contributed by atoms with Crippen molar-refractivity contribution in [2.45, 2.75) is 43.5 Å². The van der Waals surface area contributed by atoms with Crippen LogP contribution in [0, 0.1) is 6.92 Å². The van der Waals surface area contributed by atoms with Gasteiger partial charge in [0.1, 0.15) is 0 Å². The molecule has 24 heavy (non-hydrogen) atoms. The lowest BCUT2D eigenvalue weighted by molar-refractivity contribution is 0.0954. The van der Waals surface area contributed by atoms with Crippen molar-refractivity contribution >= 4 is 28.3 Å². The number of carbonyl (C=O) groups is 1. The van der Waals surface area contributed by atoms with Crippen molar-refractivity contribution in [2.75, 3.05) is 20.1 Å². The lowest BCUT2D eigenvalue weighted by Gasteiger charge is -2.15. The molecule has 1 aromatic rings. The molecule has 2 rings (SSSR count). The zero-order valence-corrected chi connectivity index (χ0v) is 15.7. The molecule has 1 amide bonds. The molecular formula is C16H26ClN3O3S. The van der Waals surface area contributed by atoms with Gasteiger partial charge in [-0.2, -0.15) is 0 Å². The zero-order chi connectivity index (χ0) is 16.9. The van der Waals surface area contributed by atoms with E-state index in [-0.39, 0.29) is 29.3 Å². The number of nitrogens with one attached hydrogen (secondary N) is 3. The van der Waals surface area contributed by atoms with Gasteiger partial charge in [0, 0.05) is 24.7 Å². The van der Waals surface area contributed by atoms with E-state index in [4.69, 9.17) is 0 Å². The summed E-state index contributed by atoms with van der Waals surface area (Å²) in [6.45, 7) is 2.89. The van der Waals surface area contributed by atoms with Crippen LogP contribution in [0.1, 0.15) is 41.6 Å². The Bertz CT molecular complexity index is 659. The maximum absolute atomic E-state index is 12.6. The van der Waals surface area contributed by atoms with E-state index in [1.54, 1.807) is 26.1 Å². The number of halogens is 1. The van der Waals surface area contributed by atoms with Gasteiger partial charge in [0.15, 0.2) is 0 Å². The van der Waals surface area contributed by atoms with E-state index in [1.165, 1.54) is 6.07 Å². The fourth-order valence-electron chi connectivity index (χ4n) is 2.76. The molecule has 0 aliphatic heterocycles. The van der Waals surface area contributed by atoms with E-state index in [2.05, 4.69) is 15.4 Å². The van der Waals surface area contributed by atoms with Gasteiger partial charge in [-0.05, 0) is 44.5 Å². The predicted molar refractivity (Wildman–Crippen MR) is 97.3 cm³/mol. The third kappa shape index (κ3) is 5.44. The van der Waals surface area contributed by atoms with Crippen molar-refractivity contribution in [2.24, 2.45) is 0 Å². The molecule has 1 aromatic carbocycles. The Kier molecular flexibility index (Phi) is 8.15. The Morgan fingerprint density at radius 2 is 1.88 bits per heavy atom.